The molecule has 2 aliphatic heterocycles. The average Bonchev–Trinajstić information content (AvgIpc) is 3.05. The molecule has 2 aliphatic rings. The van der Waals surface area contributed by atoms with Gasteiger partial charge in [-0.1, -0.05) is 35.9 Å². The van der Waals surface area contributed by atoms with Crippen LogP contribution in [0.5, 0.6) is 5.75 Å². The maximum atomic E-state index is 12.7. The SMILES string of the molecule is CN1CCC(Oc2ccccc2Cl)c2ccc(-c3cccnn3)cc2C12OC(=O)C(O)C(O)C(=O)O2. The van der Waals surface area contributed by atoms with E-state index < -0.39 is 36.2 Å². The summed E-state index contributed by atoms with van der Waals surface area (Å²) >= 11 is 6.33. The molecule has 3 aromatic rings. The first kappa shape index (κ1) is 24.1. The van der Waals surface area contributed by atoms with Gasteiger partial charge in [0.25, 0.3) is 0 Å². The van der Waals surface area contributed by atoms with E-state index in [2.05, 4.69) is 10.2 Å². The van der Waals surface area contributed by atoms with Crippen LogP contribution in [0.15, 0.2) is 60.8 Å². The van der Waals surface area contributed by atoms with Crippen LogP contribution in [0.3, 0.4) is 0 Å². The molecule has 1 saturated heterocycles. The minimum atomic E-state index is -2.10. The summed E-state index contributed by atoms with van der Waals surface area (Å²) in [5, 5.41) is 28.7. The monoisotopic (exact) mass is 511 g/mol. The lowest BCUT2D eigenvalue weighted by Gasteiger charge is -2.38. The van der Waals surface area contributed by atoms with Crippen molar-refractivity contribution in [1.29, 1.82) is 0 Å². The fourth-order valence-corrected chi connectivity index (χ4v) is 4.48. The van der Waals surface area contributed by atoms with Gasteiger partial charge in [0.15, 0.2) is 12.2 Å². The molecular formula is C25H22ClN3O7. The summed E-state index contributed by atoms with van der Waals surface area (Å²) in [7, 11) is 1.60. The van der Waals surface area contributed by atoms with E-state index >= 15 is 0 Å². The molecule has 0 aliphatic carbocycles. The normalized spacial score (nSPS) is 26.4. The van der Waals surface area contributed by atoms with Crippen LogP contribution in [-0.4, -0.2) is 63.0 Å². The quantitative estimate of drug-likeness (QED) is 0.504. The molecule has 3 unspecified atom stereocenters. The zero-order chi connectivity index (χ0) is 25.4. The Hall–Kier alpha value is -3.57. The van der Waals surface area contributed by atoms with Crippen LogP contribution < -0.4 is 4.74 Å². The molecule has 1 aromatic heterocycles. The third-order valence-corrected chi connectivity index (χ3v) is 6.52. The van der Waals surface area contributed by atoms with Crippen molar-refractivity contribution in [2.24, 2.45) is 0 Å². The molecule has 0 radical (unpaired) electrons. The summed E-state index contributed by atoms with van der Waals surface area (Å²) in [6, 6.07) is 15.7. The van der Waals surface area contributed by atoms with E-state index in [9.17, 15) is 19.8 Å². The van der Waals surface area contributed by atoms with Crippen molar-refractivity contribution < 1.29 is 34.0 Å². The van der Waals surface area contributed by atoms with E-state index in [1.54, 1.807) is 61.6 Å². The second kappa shape index (κ2) is 9.47. The van der Waals surface area contributed by atoms with Gasteiger partial charge in [-0.2, -0.15) is 10.2 Å². The molecule has 11 heteroatoms. The highest BCUT2D eigenvalue weighted by molar-refractivity contribution is 6.32. The number of rotatable bonds is 3. The number of aromatic nitrogens is 2. The highest BCUT2D eigenvalue weighted by Crippen LogP contribution is 2.44. The molecule has 5 rings (SSSR count). The number of benzene rings is 2. The van der Waals surface area contributed by atoms with Crippen molar-refractivity contribution in [3.63, 3.8) is 0 Å². The molecule has 2 N–H and O–H groups in total. The fraction of sp³-hybridized carbons (Fsp3) is 0.280. The highest BCUT2D eigenvalue weighted by Gasteiger charge is 2.55. The van der Waals surface area contributed by atoms with Crippen molar-refractivity contribution in [2.45, 2.75) is 30.6 Å². The number of halogens is 1. The topological polar surface area (TPSA) is 131 Å². The van der Waals surface area contributed by atoms with Gasteiger partial charge in [0.05, 0.1) is 16.3 Å². The Morgan fingerprint density at radius 3 is 2.44 bits per heavy atom. The third-order valence-electron chi connectivity index (χ3n) is 6.20. The second-order valence-corrected chi connectivity index (χ2v) is 8.88. The second-order valence-electron chi connectivity index (χ2n) is 8.47. The van der Waals surface area contributed by atoms with Crippen LogP contribution in [0.25, 0.3) is 11.3 Å². The van der Waals surface area contributed by atoms with Crippen molar-refractivity contribution in [3.05, 3.63) is 76.9 Å². The van der Waals surface area contributed by atoms with Crippen LogP contribution in [0.4, 0.5) is 0 Å². The molecule has 1 fully saturated rings. The van der Waals surface area contributed by atoms with Crippen molar-refractivity contribution in [3.8, 4) is 17.0 Å². The Morgan fingerprint density at radius 1 is 1.06 bits per heavy atom. The van der Waals surface area contributed by atoms with E-state index in [4.69, 9.17) is 25.8 Å². The number of carbonyl (C=O) groups is 2. The smallest absolute Gasteiger partial charge is 0.349 e. The number of nitrogens with zero attached hydrogens (tertiary/aromatic N) is 3. The van der Waals surface area contributed by atoms with Crippen LogP contribution in [0.1, 0.15) is 23.7 Å². The number of ether oxygens (including phenoxy) is 3. The number of hydrogen-bond donors (Lipinski definition) is 2. The van der Waals surface area contributed by atoms with Gasteiger partial charge in [-0.25, -0.2) is 14.5 Å². The first-order valence-electron chi connectivity index (χ1n) is 11.2. The standard InChI is InChI=1S/C25H22ClN3O7/c1-29-12-10-19(34-20-7-3-2-5-17(20)26)15-9-8-14(18-6-4-11-27-28-18)13-16(15)25(29)35-23(32)21(30)22(31)24(33)36-25/h2-9,11,13,19,21-22,30-31H,10,12H2,1H3. The maximum Gasteiger partial charge on any atom is 0.349 e. The zero-order valence-corrected chi connectivity index (χ0v) is 19.8. The predicted octanol–water partition coefficient (Wildman–Crippen LogP) is 2.18. The molecular weight excluding hydrogens is 490 g/mol. The van der Waals surface area contributed by atoms with Gasteiger partial charge in [-0.15, -0.1) is 0 Å². The fourth-order valence-electron chi connectivity index (χ4n) is 4.30. The number of esters is 2. The van der Waals surface area contributed by atoms with Crippen LogP contribution in [0.2, 0.25) is 5.02 Å². The molecule has 0 saturated carbocycles. The van der Waals surface area contributed by atoms with Gasteiger partial charge >= 0.3 is 17.8 Å². The number of para-hydroxylation sites is 1. The third kappa shape index (κ3) is 4.18. The minimum Gasteiger partial charge on any atom is -0.484 e. The Bertz CT molecular complexity index is 1280. The zero-order valence-electron chi connectivity index (χ0n) is 19.1. The van der Waals surface area contributed by atoms with Crippen molar-refractivity contribution in [2.75, 3.05) is 13.6 Å². The van der Waals surface area contributed by atoms with Crippen LogP contribution in [0, 0.1) is 0 Å². The maximum absolute atomic E-state index is 12.7. The van der Waals surface area contributed by atoms with Gasteiger partial charge in [0.1, 0.15) is 11.9 Å². The first-order valence-corrected chi connectivity index (χ1v) is 11.5. The summed E-state index contributed by atoms with van der Waals surface area (Å²) in [5.74, 6) is -4.05. The number of fused-ring (bicyclic) bond motifs is 2. The lowest BCUT2D eigenvalue weighted by atomic mass is 9.95. The number of aliphatic hydroxyl groups excluding tert-OH is 2. The Labute approximate surface area is 211 Å². The molecule has 2 aromatic carbocycles. The lowest BCUT2D eigenvalue weighted by Crippen LogP contribution is -2.50. The van der Waals surface area contributed by atoms with Gasteiger partial charge in [-0.05, 0) is 37.4 Å². The minimum absolute atomic E-state index is 0.247. The van der Waals surface area contributed by atoms with E-state index in [1.807, 2.05) is 0 Å². The summed E-state index contributed by atoms with van der Waals surface area (Å²) < 4.78 is 17.6. The molecule has 1 spiro atoms. The Kier molecular flexibility index (Phi) is 6.35. The largest absolute Gasteiger partial charge is 0.484 e. The van der Waals surface area contributed by atoms with Crippen molar-refractivity contribution >= 4 is 23.5 Å². The van der Waals surface area contributed by atoms with E-state index in [0.29, 0.717) is 34.0 Å². The van der Waals surface area contributed by atoms with Gasteiger partial charge in [0.2, 0.25) is 0 Å². The number of aliphatic hydroxyl groups is 2. The Balaban J connectivity index is 1.70. The summed E-state index contributed by atoms with van der Waals surface area (Å²) in [6.45, 7) is 0.247. The molecule has 36 heavy (non-hydrogen) atoms. The lowest BCUT2D eigenvalue weighted by molar-refractivity contribution is -0.288. The molecule has 3 atom stereocenters. The molecule has 186 valence electrons. The molecule has 0 bridgehead atoms. The highest BCUT2D eigenvalue weighted by atomic mass is 35.5. The number of hydrogen-bond acceptors (Lipinski definition) is 10. The summed E-state index contributed by atoms with van der Waals surface area (Å²) in [5.41, 5.74) is 1.95. The van der Waals surface area contributed by atoms with E-state index in [1.165, 1.54) is 11.1 Å². The molecule has 10 nitrogen and oxygen atoms in total. The van der Waals surface area contributed by atoms with Gasteiger partial charge < -0.3 is 24.4 Å². The van der Waals surface area contributed by atoms with Gasteiger partial charge in [-0.3, -0.25) is 0 Å². The molecule has 0 amide bonds. The molecule has 3 heterocycles. The van der Waals surface area contributed by atoms with Crippen LogP contribution in [-0.2, 0) is 25.0 Å². The predicted molar refractivity (Wildman–Crippen MR) is 125 cm³/mol. The van der Waals surface area contributed by atoms with E-state index in [-0.39, 0.29) is 12.1 Å². The summed E-state index contributed by atoms with van der Waals surface area (Å²) in [6.07, 6.45) is -2.84. The summed E-state index contributed by atoms with van der Waals surface area (Å²) in [4.78, 5) is 27.0. The average molecular weight is 512 g/mol. The Morgan fingerprint density at radius 2 is 1.78 bits per heavy atom. The van der Waals surface area contributed by atoms with Crippen molar-refractivity contribution in [1.82, 2.24) is 15.1 Å². The van der Waals surface area contributed by atoms with Gasteiger partial charge in [0, 0.05) is 30.3 Å². The number of carbonyl (C=O) groups excluding carboxylic acids is 2. The van der Waals surface area contributed by atoms with Crippen LogP contribution >= 0.6 is 11.6 Å². The van der Waals surface area contributed by atoms with E-state index in [0.717, 1.165) is 0 Å². The first-order chi connectivity index (χ1) is 17.3.